The molecular formula is C29H27N5O. The molecule has 0 unspecified atom stereocenters. The molecule has 35 heavy (non-hydrogen) atoms. The Labute approximate surface area is 203 Å². The molecule has 0 atom stereocenters. The van der Waals surface area contributed by atoms with Crippen molar-refractivity contribution in [3.05, 3.63) is 79.4 Å². The predicted molar refractivity (Wildman–Crippen MR) is 141 cm³/mol. The lowest BCUT2D eigenvalue weighted by atomic mass is 10.0. The van der Waals surface area contributed by atoms with Gasteiger partial charge in [-0.15, -0.1) is 0 Å². The van der Waals surface area contributed by atoms with Gasteiger partial charge in [-0.3, -0.25) is 4.79 Å². The van der Waals surface area contributed by atoms with Gasteiger partial charge in [0.1, 0.15) is 11.3 Å². The van der Waals surface area contributed by atoms with Gasteiger partial charge in [-0.1, -0.05) is 38.0 Å². The maximum Gasteiger partial charge on any atom is 0.247 e. The van der Waals surface area contributed by atoms with Crippen molar-refractivity contribution in [1.82, 2.24) is 19.9 Å². The number of hydrogen-bond donors (Lipinski definition) is 3. The van der Waals surface area contributed by atoms with Crippen molar-refractivity contribution in [3.8, 4) is 22.3 Å². The molecule has 0 radical (unpaired) electrons. The Morgan fingerprint density at radius 2 is 1.94 bits per heavy atom. The highest BCUT2D eigenvalue weighted by Crippen LogP contribution is 2.36. The van der Waals surface area contributed by atoms with Crippen LogP contribution in [-0.4, -0.2) is 25.8 Å². The molecule has 1 amide bonds. The van der Waals surface area contributed by atoms with E-state index in [2.05, 4.69) is 50.0 Å². The number of anilines is 1. The van der Waals surface area contributed by atoms with Crippen LogP contribution < -0.4 is 5.32 Å². The lowest BCUT2D eigenvalue weighted by Crippen LogP contribution is -2.06. The molecule has 6 nitrogen and oxygen atoms in total. The van der Waals surface area contributed by atoms with Crippen molar-refractivity contribution < 1.29 is 4.79 Å². The highest BCUT2D eigenvalue weighted by molar-refractivity contribution is 6.04. The van der Waals surface area contributed by atoms with Gasteiger partial charge in [0.15, 0.2) is 0 Å². The average Bonchev–Trinajstić information content (AvgIpc) is 3.45. The summed E-state index contributed by atoms with van der Waals surface area (Å²) in [6.45, 7) is 3.52. The maximum absolute atomic E-state index is 11.7. The minimum atomic E-state index is -0.233. The molecular weight excluding hydrogens is 434 g/mol. The molecule has 0 bridgehead atoms. The van der Waals surface area contributed by atoms with Gasteiger partial charge in [0.2, 0.25) is 5.91 Å². The number of amides is 1. The molecule has 4 aromatic heterocycles. The van der Waals surface area contributed by atoms with Gasteiger partial charge in [-0.05, 0) is 66.3 Å². The molecule has 4 heterocycles. The number of aryl methyl sites for hydroxylation is 1. The molecule has 1 fully saturated rings. The fraction of sp³-hybridized carbons (Fsp3) is 0.207. The van der Waals surface area contributed by atoms with Crippen molar-refractivity contribution in [2.45, 2.75) is 32.1 Å². The van der Waals surface area contributed by atoms with Gasteiger partial charge in [-0.2, -0.15) is 0 Å². The fourth-order valence-electron chi connectivity index (χ4n) is 4.79. The molecule has 0 spiro atoms. The van der Waals surface area contributed by atoms with Crippen LogP contribution in [0.25, 0.3) is 44.3 Å². The minimum Gasteiger partial charge on any atom is -0.346 e. The first-order valence-electron chi connectivity index (χ1n) is 12.2. The molecule has 1 aliphatic rings. The summed E-state index contributed by atoms with van der Waals surface area (Å²) >= 11 is 0. The van der Waals surface area contributed by atoms with E-state index in [4.69, 9.17) is 0 Å². The second-order valence-corrected chi connectivity index (χ2v) is 9.35. The number of rotatable bonds is 8. The summed E-state index contributed by atoms with van der Waals surface area (Å²) in [5, 5.41) is 5.01. The summed E-state index contributed by atoms with van der Waals surface area (Å²) in [6.07, 6.45) is 13.4. The summed E-state index contributed by atoms with van der Waals surface area (Å²) in [7, 11) is 0. The molecule has 1 aliphatic carbocycles. The summed E-state index contributed by atoms with van der Waals surface area (Å²) in [6, 6.07) is 14.2. The van der Waals surface area contributed by atoms with Gasteiger partial charge in [0, 0.05) is 51.9 Å². The van der Waals surface area contributed by atoms with E-state index in [0.29, 0.717) is 0 Å². The van der Waals surface area contributed by atoms with Gasteiger partial charge >= 0.3 is 0 Å². The van der Waals surface area contributed by atoms with E-state index in [1.807, 2.05) is 42.9 Å². The molecule has 0 saturated heterocycles. The Hall–Kier alpha value is -4.19. The molecule has 174 valence electrons. The highest BCUT2D eigenvalue weighted by Gasteiger charge is 2.20. The van der Waals surface area contributed by atoms with Crippen LogP contribution in [0.3, 0.4) is 0 Å². The Kier molecular flexibility index (Phi) is 5.41. The van der Waals surface area contributed by atoms with Crippen LogP contribution in [-0.2, 0) is 11.2 Å². The molecule has 6 heteroatoms. The lowest BCUT2D eigenvalue weighted by molar-refractivity contribution is -0.111. The van der Waals surface area contributed by atoms with E-state index >= 15 is 0 Å². The van der Waals surface area contributed by atoms with E-state index in [1.165, 1.54) is 37.5 Å². The van der Waals surface area contributed by atoms with E-state index in [1.54, 1.807) is 0 Å². The van der Waals surface area contributed by atoms with Crippen LogP contribution in [0.4, 0.5) is 5.69 Å². The number of aromatic amines is 2. The summed E-state index contributed by atoms with van der Waals surface area (Å²) in [4.78, 5) is 27.8. The third kappa shape index (κ3) is 4.35. The third-order valence-corrected chi connectivity index (χ3v) is 6.81. The van der Waals surface area contributed by atoms with E-state index < -0.39 is 0 Å². The number of carbonyl (C=O) groups is 1. The van der Waals surface area contributed by atoms with Crippen molar-refractivity contribution in [1.29, 1.82) is 0 Å². The van der Waals surface area contributed by atoms with E-state index in [-0.39, 0.29) is 5.91 Å². The Bertz CT molecular complexity index is 1560. The molecule has 3 N–H and O–H groups in total. The molecule has 1 aromatic carbocycles. The number of carbonyl (C=O) groups excluding carboxylic acids is 1. The minimum absolute atomic E-state index is 0.233. The number of nitrogens with zero attached hydrogens (tertiary/aromatic N) is 2. The summed E-state index contributed by atoms with van der Waals surface area (Å²) in [5.41, 5.74) is 7.93. The Morgan fingerprint density at radius 3 is 2.80 bits per heavy atom. The van der Waals surface area contributed by atoms with Crippen LogP contribution in [0.1, 0.15) is 31.4 Å². The number of benzene rings is 1. The van der Waals surface area contributed by atoms with Gasteiger partial charge in [0.25, 0.3) is 0 Å². The van der Waals surface area contributed by atoms with Crippen LogP contribution in [0.15, 0.2) is 73.7 Å². The first kappa shape index (κ1) is 21.4. The Morgan fingerprint density at radius 1 is 1.06 bits per heavy atom. The quantitative estimate of drug-likeness (QED) is 0.227. The molecule has 5 aromatic rings. The first-order chi connectivity index (χ1) is 17.2. The smallest absolute Gasteiger partial charge is 0.247 e. The molecule has 0 aliphatic heterocycles. The van der Waals surface area contributed by atoms with Gasteiger partial charge in [-0.25, -0.2) is 9.97 Å². The lowest BCUT2D eigenvalue weighted by Gasteiger charge is -2.07. The van der Waals surface area contributed by atoms with Crippen molar-refractivity contribution in [2.75, 3.05) is 5.32 Å². The molecule has 6 rings (SSSR count). The second-order valence-electron chi connectivity index (χ2n) is 9.35. The van der Waals surface area contributed by atoms with Gasteiger partial charge in [0.05, 0.1) is 0 Å². The van der Waals surface area contributed by atoms with E-state index in [0.717, 1.165) is 62.3 Å². The Balaban J connectivity index is 1.36. The maximum atomic E-state index is 11.7. The van der Waals surface area contributed by atoms with Crippen LogP contribution in [0, 0.1) is 5.92 Å². The highest BCUT2D eigenvalue weighted by atomic mass is 16.1. The topological polar surface area (TPSA) is 86.5 Å². The van der Waals surface area contributed by atoms with Crippen LogP contribution >= 0.6 is 0 Å². The van der Waals surface area contributed by atoms with Crippen molar-refractivity contribution in [2.24, 2.45) is 5.92 Å². The zero-order valence-electron chi connectivity index (χ0n) is 19.5. The predicted octanol–water partition coefficient (Wildman–Crippen LogP) is 6.63. The number of hydrogen-bond acceptors (Lipinski definition) is 3. The van der Waals surface area contributed by atoms with Crippen molar-refractivity contribution in [3.63, 3.8) is 0 Å². The largest absolute Gasteiger partial charge is 0.346 e. The zero-order valence-corrected chi connectivity index (χ0v) is 19.5. The number of nitrogens with one attached hydrogen (secondary N) is 3. The van der Waals surface area contributed by atoms with Crippen LogP contribution in [0.5, 0.6) is 0 Å². The fourth-order valence-corrected chi connectivity index (χ4v) is 4.79. The van der Waals surface area contributed by atoms with Gasteiger partial charge < -0.3 is 15.3 Å². The number of aromatic nitrogens is 4. The molecule has 1 saturated carbocycles. The summed E-state index contributed by atoms with van der Waals surface area (Å²) in [5.74, 6) is 0.726. The average molecular weight is 462 g/mol. The van der Waals surface area contributed by atoms with Crippen LogP contribution in [0.2, 0.25) is 0 Å². The van der Waals surface area contributed by atoms with Crippen molar-refractivity contribution >= 4 is 33.7 Å². The number of fused-ring (bicyclic) bond motifs is 2. The SMILES string of the molecule is C=CC(=O)Nc1cccc(-c2cnc3[nH]cc(-c4ccnc5[nH]c(CCCC6CC6)cc45)c3c2)c1. The first-order valence-corrected chi connectivity index (χ1v) is 12.2. The monoisotopic (exact) mass is 461 g/mol. The number of H-pyrrole nitrogens is 2. The normalized spacial score (nSPS) is 13.4. The standard InChI is InChI=1S/C29H27N5O/c1-2-27(35)33-21-8-4-6-19(13-21)20-14-24-26(17-32-28(24)31-16-20)23-11-12-30-29-25(23)15-22(34-29)7-3-5-18-9-10-18/h2,4,6,8,11-18H,1,3,5,7,9-10H2,(H,30,34)(H,31,32)(H,33,35). The summed E-state index contributed by atoms with van der Waals surface area (Å²) < 4.78 is 0. The third-order valence-electron chi connectivity index (χ3n) is 6.81. The zero-order chi connectivity index (χ0) is 23.8. The van der Waals surface area contributed by atoms with E-state index in [9.17, 15) is 4.79 Å². The second kappa shape index (κ2) is 8.87. The number of pyridine rings is 2.